The first-order valence-electron chi connectivity index (χ1n) is 12.8. The molecule has 0 saturated carbocycles. The highest BCUT2D eigenvalue weighted by Gasteiger charge is 2.23. The Bertz CT molecular complexity index is 1960. The first kappa shape index (κ1) is 22.9. The molecular weight excluding hydrogens is 496 g/mol. The number of anilines is 1. The van der Waals surface area contributed by atoms with Crippen molar-refractivity contribution in [1.29, 1.82) is 0 Å². The highest BCUT2D eigenvalue weighted by atomic mass is 35.5. The van der Waals surface area contributed by atoms with Crippen LogP contribution < -0.4 is 10.9 Å². The predicted molar refractivity (Wildman–Crippen MR) is 153 cm³/mol. The molecule has 5 heterocycles. The van der Waals surface area contributed by atoms with E-state index in [-0.39, 0.29) is 11.6 Å². The van der Waals surface area contributed by atoms with E-state index in [9.17, 15) is 4.79 Å². The van der Waals surface area contributed by atoms with E-state index in [0.29, 0.717) is 5.15 Å². The molecule has 6 aromatic rings. The van der Waals surface area contributed by atoms with Gasteiger partial charge in [-0.25, -0.2) is 9.67 Å². The van der Waals surface area contributed by atoms with E-state index in [4.69, 9.17) is 16.6 Å². The lowest BCUT2D eigenvalue weighted by Gasteiger charge is -2.23. The van der Waals surface area contributed by atoms with Crippen molar-refractivity contribution >= 4 is 50.0 Å². The second kappa shape index (κ2) is 8.67. The fourth-order valence-corrected chi connectivity index (χ4v) is 5.91. The van der Waals surface area contributed by atoms with Crippen LogP contribution in [0.1, 0.15) is 30.5 Å². The quantitative estimate of drug-likeness (QED) is 0.268. The predicted octanol–water partition coefficient (Wildman–Crippen LogP) is 6.50. The van der Waals surface area contributed by atoms with Crippen LogP contribution in [0.3, 0.4) is 0 Å². The SMILES string of the molecule is Cc1cc(C(C)Nc2ccc(Cl)nc2-c2ccc3ncccc3c2)c2c(c1)c(=O)n1c3c2cnn3CCC1. The van der Waals surface area contributed by atoms with E-state index in [2.05, 4.69) is 34.5 Å². The van der Waals surface area contributed by atoms with Crippen molar-refractivity contribution in [3.63, 3.8) is 0 Å². The van der Waals surface area contributed by atoms with Gasteiger partial charge in [-0.1, -0.05) is 29.8 Å². The maximum absolute atomic E-state index is 13.6. The molecule has 0 amide bonds. The Labute approximate surface area is 223 Å². The minimum atomic E-state index is -0.119. The van der Waals surface area contributed by atoms with Crippen LogP contribution in [-0.2, 0) is 13.1 Å². The van der Waals surface area contributed by atoms with Crippen molar-refractivity contribution in [2.24, 2.45) is 0 Å². The van der Waals surface area contributed by atoms with E-state index in [1.807, 2.05) is 58.8 Å². The molecule has 2 aromatic carbocycles. The third-order valence-corrected chi connectivity index (χ3v) is 7.66. The summed E-state index contributed by atoms with van der Waals surface area (Å²) in [7, 11) is 0. The summed E-state index contributed by atoms with van der Waals surface area (Å²) in [6.45, 7) is 5.70. The third-order valence-electron chi connectivity index (χ3n) is 7.45. The molecule has 38 heavy (non-hydrogen) atoms. The van der Waals surface area contributed by atoms with E-state index in [1.165, 1.54) is 0 Å². The lowest BCUT2D eigenvalue weighted by atomic mass is 9.95. The van der Waals surface area contributed by atoms with Gasteiger partial charge in [0.25, 0.3) is 5.56 Å². The molecule has 1 N–H and O–H groups in total. The first-order chi connectivity index (χ1) is 18.5. The fourth-order valence-electron chi connectivity index (χ4n) is 5.76. The Hall–Kier alpha value is -4.23. The second-order valence-electron chi connectivity index (χ2n) is 10.00. The van der Waals surface area contributed by atoms with Crippen LogP contribution in [0.25, 0.3) is 44.0 Å². The molecule has 0 bridgehead atoms. The minimum absolute atomic E-state index is 0.0460. The monoisotopic (exact) mass is 520 g/mol. The van der Waals surface area contributed by atoms with Crippen molar-refractivity contribution in [3.05, 3.63) is 93.6 Å². The van der Waals surface area contributed by atoms with Crippen molar-refractivity contribution in [3.8, 4) is 11.3 Å². The van der Waals surface area contributed by atoms with Gasteiger partial charge >= 0.3 is 0 Å². The number of nitrogens with zero attached hydrogens (tertiary/aromatic N) is 5. The summed E-state index contributed by atoms with van der Waals surface area (Å²) >= 11 is 6.36. The van der Waals surface area contributed by atoms with Gasteiger partial charge < -0.3 is 5.32 Å². The molecule has 8 heteroatoms. The van der Waals surface area contributed by atoms with Gasteiger partial charge in [-0.2, -0.15) is 5.10 Å². The van der Waals surface area contributed by atoms with Gasteiger partial charge in [-0.3, -0.25) is 14.3 Å². The van der Waals surface area contributed by atoms with Crippen LogP contribution in [0.15, 0.2) is 71.8 Å². The minimum Gasteiger partial charge on any atom is -0.377 e. The zero-order chi connectivity index (χ0) is 26.0. The number of hydrogen-bond donors (Lipinski definition) is 1. The number of rotatable bonds is 4. The zero-order valence-electron chi connectivity index (χ0n) is 21.1. The van der Waals surface area contributed by atoms with E-state index < -0.39 is 0 Å². The molecule has 1 aliphatic heterocycles. The number of hydrogen-bond acceptors (Lipinski definition) is 5. The van der Waals surface area contributed by atoms with Crippen LogP contribution in [0.5, 0.6) is 0 Å². The van der Waals surface area contributed by atoms with Crippen molar-refractivity contribution in [1.82, 2.24) is 24.3 Å². The van der Waals surface area contributed by atoms with Gasteiger partial charge in [0.05, 0.1) is 23.1 Å². The Kier molecular flexibility index (Phi) is 5.23. The summed E-state index contributed by atoms with van der Waals surface area (Å²) in [5.74, 6) is 0. The Morgan fingerprint density at radius 3 is 2.84 bits per heavy atom. The molecular formula is C30H25ClN6O. The van der Waals surface area contributed by atoms with Gasteiger partial charge in [0.15, 0.2) is 0 Å². The number of pyridine rings is 3. The molecule has 4 aromatic heterocycles. The number of aryl methyl sites for hydroxylation is 3. The maximum Gasteiger partial charge on any atom is 0.260 e. The van der Waals surface area contributed by atoms with Crippen LogP contribution >= 0.6 is 11.6 Å². The van der Waals surface area contributed by atoms with Crippen molar-refractivity contribution in [2.75, 3.05) is 5.32 Å². The van der Waals surface area contributed by atoms with E-state index in [1.54, 1.807) is 12.3 Å². The molecule has 0 aliphatic carbocycles. The molecule has 188 valence electrons. The average Bonchev–Trinajstić information content (AvgIpc) is 3.36. The van der Waals surface area contributed by atoms with Crippen LogP contribution in [-0.4, -0.2) is 24.3 Å². The summed E-state index contributed by atoms with van der Waals surface area (Å²) in [4.78, 5) is 22.7. The molecule has 0 fully saturated rings. The smallest absolute Gasteiger partial charge is 0.260 e. The molecule has 7 nitrogen and oxygen atoms in total. The Morgan fingerprint density at radius 1 is 1.05 bits per heavy atom. The van der Waals surface area contributed by atoms with E-state index >= 15 is 0 Å². The summed E-state index contributed by atoms with van der Waals surface area (Å²) in [6, 6.07) is 17.9. The Morgan fingerprint density at radius 2 is 1.95 bits per heavy atom. The molecule has 1 atom stereocenters. The molecule has 1 unspecified atom stereocenters. The summed E-state index contributed by atoms with van der Waals surface area (Å²) in [5, 5.41) is 12.5. The number of aromatic nitrogens is 5. The molecule has 0 spiro atoms. The second-order valence-corrected chi connectivity index (χ2v) is 10.4. The first-order valence-corrected chi connectivity index (χ1v) is 13.2. The number of fused-ring (bicyclic) bond motifs is 3. The largest absolute Gasteiger partial charge is 0.377 e. The number of halogens is 1. The average molecular weight is 521 g/mol. The summed E-state index contributed by atoms with van der Waals surface area (Å²) in [5.41, 5.74) is 6.56. The van der Waals surface area contributed by atoms with Gasteiger partial charge in [0.2, 0.25) is 0 Å². The van der Waals surface area contributed by atoms with Gasteiger partial charge in [-0.05, 0) is 67.8 Å². The highest BCUT2D eigenvalue weighted by molar-refractivity contribution is 6.29. The summed E-state index contributed by atoms with van der Waals surface area (Å²) < 4.78 is 3.84. The lowest BCUT2D eigenvalue weighted by molar-refractivity contribution is 0.485. The number of benzene rings is 2. The van der Waals surface area contributed by atoms with Crippen LogP contribution in [0.2, 0.25) is 5.15 Å². The zero-order valence-corrected chi connectivity index (χ0v) is 21.8. The lowest BCUT2D eigenvalue weighted by Crippen LogP contribution is -2.27. The number of nitrogens with one attached hydrogen (secondary N) is 1. The van der Waals surface area contributed by atoms with Crippen molar-refractivity contribution in [2.45, 2.75) is 39.4 Å². The van der Waals surface area contributed by atoms with E-state index in [0.717, 1.165) is 80.3 Å². The highest BCUT2D eigenvalue weighted by Crippen LogP contribution is 2.36. The van der Waals surface area contributed by atoms with Gasteiger partial charge in [-0.15, -0.1) is 0 Å². The standard InChI is InChI=1S/C30H25ClN6O/c1-17-13-21(27-22(14-17)30(38)36-11-4-12-37-29(36)23(27)16-33-37)18(2)34-25-8-9-26(31)35-28(25)20-6-7-24-19(15-20)5-3-10-32-24/h3,5-10,13-16,18,34H,4,11-12H2,1-2H3. The fraction of sp³-hybridized carbons (Fsp3) is 0.200. The molecule has 1 aliphatic rings. The molecule has 0 saturated heterocycles. The molecule has 0 radical (unpaired) electrons. The van der Waals surface area contributed by atoms with Gasteiger partial charge in [0.1, 0.15) is 10.8 Å². The Balaban J connectivity index is 1.38. The topological polar surface area (TPSA) is 77.6 Å². The maximum atomic E-state index is 13.6. The third kappa shape index (κ3) is 3.57. The van der Waals surface area contributed by atoms with Crippen LogP contribution in [0, 0.1) is 6.92 Å². The van der Waals surface area contributed by atoms with Crippen molar-refractivity contribution < 1.29 is 0 Å². The summed E-state index contributed by atoms with van der Waals surface area (Å²) in [6.07, 6.45) is 4.60. The molecule has 7 rings (SSSR count). The van der Waals surface area contributed by atoms with Crippen LogP contribution in [0.4, 0.5) is 5.69 Å². The normalized spacial score (nSPS) is 13.9. The van der Waals surface area contributed by atoms with Gasteiger partial charge in [0, 0.05) is 52.4 Å².